The van der Waals surface area contributed by atoms with E-state index < -0.39 is 0 Å². The van der Waals surface area contributed by atoms with Crippen LogP contribution in [0.1, 0.15) is 57.2 Å². The first kappa shape index (κ1) is 15.4. The lowest BCUT2D eigenvalue weighted by molar-refractivity contribution is 0.0992. The van der Waals surface area contributed by atoms with Crippen LogP contribution in [0.15, 0.2) is 18.2 Å². The largest absolute Gasteiger partial charge is 0.490 e. The van der Waals surface area contributed by atoms with Crippen LogP contribution in [0, 0.1) is 18.8 Å². The summed E-state index contributed by atoms with van der Waals surface area (Å²) in [5.41, 5.74) is 2.57. The van der Waals surface area contributed by atoms with Crippen LogP contribution in [-0.2, 0) is 0 Å². The van der Waals surface area contributed by atoms with Gasteiger partial charge in [0, 0.05) is 11.6 Å². The fourth-order valence-electron chi connectivity index (χ4n) is 3.05. The first-order chi connectivity index (χ1) is 9.51. The Labute approximate surface area is 123 Å². The molecule has 20 heavy (non-hydrogen) atoms. The highest BCUT2D eigenvalue weighted by atomic mass is 16.5. The topological polar surface area (TPSA) is 21.3 Å². The fourth-order valence-corrected chi connectivity index (χ4v) is 3.05. The van der Waals surface area contributed by atoms with E-state index in [1.807, 2.05) is 7.05 Å². The molecule has 2 nitrogen and oxygen atoms in total. The minimum atomic E-state index is 0.324. The Kier molecular flexibility index (Phi) is 5.09. The van der Waals surface area contributed by atoms with Crippen molar-refractivity contribution in [3.63, 3.8) is 0 Å². The number of ether oxygens (including phenoxy) is 1. The summed E-state index contributed by atoms with van der Waals surface area (Å²) >= 11 is 0. The van der Waals surface area contributed by atoms with Gasteiger partial charge >= 0.3 is 0 Å². The standard InChI is InChI=1S/C18H29NO/c1-12-6-9-18(17(10-12)15(4)19-5)20-16-8-7-13(2)14(3)11-16/h6,9-10,13-16,19H,7-8,11H2,1-5H3. The Morgan fingerprint density at radius 2 is 1.95 bits per heavy atom. The van der Waals surface area contributed by atoms with Gasteiger partial charge in [0.05, 0.1) is 6.10 Å². The average molecular weight is 275 g/mol. The normalized spacial score (nSPS) is 28.1. The second-order valence-corrected chi connectivity index (χ2v) is 6.56. The van der Waals surface area contributed by atoms with Gasteiger partial charge in [-0.3, -0.25) is 0 Å². The molecule has 2 heteroatoms. The molecule has 4 unspecified atom stereocenters. The Morgan fingerprint density at radius 3 is 2.60 bits per heavy atom. The molecule has 0 saturated heterocycles. The van der Waals surface area contributed by atoms with E-state index in [1.165, 1.54) is 30.4 Å². The molecule has 1 aromatic rings. The first-order valence-electron chi connectivity index (χ1n) is 7.95. The van der Waals surface area contributed by atoms with Gasteiger partial charge in [-0.15, -0.1) is 0 Å². The highest BCUT2D eigenvalue weighted by Gasteiger charge is 2.26. The van der Waals surface area contributed by atoms with Gasteiger partial charge in [0.2, 0.25) is 0 Å². The van der Waals surface area contributed by atoms with Crippen LogP contribution in [-0.4, -0.2) is 13.2 Å². The average Bonchev–Trinajstić information content (AvgIpc) is 2.44. The van der Waals surface area contributed by atoms with E-state index in [9.17, 15) is 0 Å². The molecule has 112 valence electrons. The SMILES string of the molecule is CNC(C)c1cc(C)ccc1OC1CCC(C)C(C)C1. The molecule has 0 heterocycles. The zero-order valence-corrected chi connectivity index (χ0v) is 13.6. The van der Waals surface area contributed by atoms with Crippen molar-refractivity contribution in [3.05, 3.63) is 29.3 Å². The van der Waals surface area contributed by atoms with Crippen molar-refractivity contribution < 1.29 is 4.74 Å². The van der Waals surface area contributed by atoms with Crippen molar-refractivity contribution >= 4 is 0 Å². The van der Waals surface area contributed by atoms with E-state index in [0.29, 0.717) is 12.1 Å². The summed E-state index contributed by atoms with van der Waals surface area (Å²) in [7, 11) is 2.00. The number of rotatable bonds is 4. The van der Waals surface area contributed by atoms with Gasteiger partial charge in [0.1, 0.15) is 5.75 Å². The van der Waals surface area contributed by atoms with Crippen molar-refractivity contribution in [2.45, 2.75) is 59.1 Å². The summed E-state index contributed by atoms with van der Waals surface area (Å²) in [6, 6.07) is 6.85. The molecular weight excluding hydrogens is 246 g/mol. The molecule has 0 bridgehead atoms. The maximum absolute atomic E-state index is 6.34. The minimum Gasteiger partial charge on any atom is -0.490 e. The lowest BCUT2D eigenvalue weighted by Crippen LogP contribution is -2.29. The zero-order chi connectivity index (χ0) is 14.7. The third kappa shape index (κ3) is 3.54. The quantitative estimate of drug-likeness (QED) is 0.875. The van der Waals surface area contributed by atoms with E-state index >= 15 is 0 Å². The van der Waals surface area contributed by atoms with Gasteiger partial charge < -0.3 is 10.1 Å². The van der Waals surface area contributed by atoms with Gasteiger partial charge in [0.15, 0.2) is 0 Å². The third-order valence-corrected chi connectivity index (χ3v) is 4.91. The van der Waals surface area contributed by atoms with Crippen LogP contribution >= 0.6 is 0 Å². The molecule has 0 spiro atoms. The lowest BCUT2D eigenvalue weighted by Gasteiger charge is -2.33. The summed E-state index contributed by atoms with van der Waals surface area (Å²) in [5, 5.41) is 3.32. The van der Waals surface area contributed by atoms with Crippen LogP contribution in [0.3, 0.4) is 0 Å². The smallest absolute Gasteiger partial charge is 0.124 e. The highest BCUT2D eigenvalue weighted by Crippen LogP contribution is 2.34. The lowest BCUT2D eigenvalue weighted by atomic mass is 9.80. The van der Waals surface area contributed by atoms with Crippen molar-refractivity contribution in [1.82, 2.24) is 5.32 Å². The van der Waals surface area contributed by atoms with E-state index in [2.05, 4.69) is 51.2 Å². The number of nitrogens with one attached hydrogen (secondary N) is 1. The summed E-state index contributed by atoms with van der Waals surface area (Å²) in [6.07, 6.45) is 4.04. The summed E-state index contributed by atoms with van der Waals surface area (Å²) in [5.74, 6) is 2.66. The van der Waals surface area contributed by atoms with Gasteiger partial charge in [-0.25, -0.2) is 0 Å². The predicted octanol–water partition coefficient (Wildman–Crippen LogP) is 4.48. The Balaban J connectivity index is 2.13. The molecule has 4 atom stereocenters. The Bertz CT molecular complexity index is 443. The van der Waals surface area contributed by atoms with Crippen LogP contribution < -0.4 is 10.1 Å². The van der Waals surface area contributed by atoms with Gasteiger partial charge in [0.25, 0.3) is 0 Å². The minimum absolute atomic E-state index is 0.324. The molecule has 2 rings (SSSR count). The first-order valence-corrected chi connectivity index (χ1v) is 7.95. The molecular formula is C18H29NO. The molecule has 0 aromatic heterocycles. The third-order valence-electron chi connectivity index (χ3n) is 4.91. The van der Waals surface area contributed by atoms with Crippen molar-refractivity contribution in [1.29, 1.82) is 0 Å². The fraction of sp³-hybridized carbons (Fsp3) is 0.667. The summed E-state index contributed by atoms with van der Waals surface area (Å²) < 4.78 is 6.34. The molecule has 0 radical (unpaired) electrons. The van der Waals surface area contributed by atoms with Crippen LogP contribution in [0.2, 0.25) is 0 Å². The van der Waals surface area contributed by atoms with Gasteiger partial charge in [-0.2, -0.15) is 0 Å². The molecule has 0 aliphatic heterocycles. The molecule has 1 aliphatic rings. The monoisotopic (exact) mass is 275 g/mol. The number of hydrogen-bond donors (Lipinski definition) is 1. The molecule has 1 fully saturated rings. The Hall–Kier alpha value is -1.02. The number of benzene rings is 1. The Morgan fingerprint density at radius 1 is 1.20 bits per heavy atom. The predicted molar refractivity (Wildman–Crippen MR) is 85.2 cm³/mol. The number of hydrogen-bond acceptors (Lipinski definition) is 2. The molecule has 1 aromatic carbocycles. The second-order valence-electron chi connectivity index (χ2n) is 6.56. The summed E-state index contributed by atoms with van der Waals surface area (Å²) in [6.45, 7) is 9.04. The molecule has 1 aliphatic carbocycles. The van der Waals surface area contributed by atoms with Crippen molar-refractivity contribution in [2.24, 2.45) is 11.8 Å². The van der Waals surface area contributed by atoms with E-state index in [1.54, 1.807) is 0 Å². The van der Waals surface area contributed by atoms with Crippen molar-refractivity contribution in [2.75, 3.05) is 7.05 Å². The molecule has 1 saturated carbocycles. The van der Waals surface area contributed by atoms with Gasteiger partial charge in [-0.05, 0) is 58.1 Å². The maximum Gasteiger partial charge on any atom is 0.124 e. The van der Waals surface area contributed by atoms with E-state index in [4.69, 9.17) is 4.74 Å². The highest BCUT2D eigenvalue weighted by molar-refractivity contribution is 5.39. The van der Waals surface area contributed by atoms with E-state index in [-0.39, 0.29) is 0 Å². The van der Waals surface area contributed by atoms with E-state index in [0.717, 1.165) is 17.6 Å². The summed E-state index contributed by atoms with van der Waals surface area (Å²) in [4.78, 5) is 0. The van der Waals surface area contributed by atoms with Crippen molar-refractivity contribution in [3.8, 4) is 5.75 Å². The zero-order valence-electron chi connectivity index (χ0n) is 13.6. The maximum atomic E-state index is 6.34. The second kappa shape index (κ2) is 6.62. The molecule has 0 amide bonds. The number of aryl methyl sites for hydroxylation is 1. The van der Waals surface area contributed by atoms with Gasteiger partial charge in [-0.1, -0.05) is 31.5 Å². The van der Waals surface area contributed by atoms with Crippen LogP contribution in [0.25, 0.3) is 0 Å². The van der Waals surface area contributed by atoms with Crippen LogP contribution in [0.5, 0.6) is 5.75 Å². The van der Waals surface area contributed by atoms with Crippen LogP contribution in [0.4, 0.5) is 0 Å². The molecule has 1 N–H and O–H groups in total.